The van der Waals surface area contributed by atoms with Crippen LogP contribution < -0.4 is 0 Å². The van der Waals surface area contributed by atoms with Crippen LogP contribution in [0.5, 0.6) is 0 Å². The summed E-state index contributed by atoms with van der Waals surface area (Å²) in [5.74, 6) is 0.625. The minimum atomic E-state index is 0.215. The second-order valence-electron chi connectivity index (χ2n) is 5.61. The Morgan fingerprint density at radius 1 is 1.24 bits per heavy atom. The standard InChI is InChI=1S/C16H23Cl/c1-12(2)16(4,5)13(3)6-7-14-8-10-15(17)11-9-14/h8-12H,3,6-7H2,1-2,4-5H3. The van der Waals surface area contributed by atoms with Gasteiger partial charge in [-0.15, -0.1) is 0 Å². The monoisotopic (exact) mass is 250 g/mol. The molecule has 0 saturated heterocycles. The molecule has 1 aromatic carbocycles. The summed E-state index contributed by atoms with van der Waals surface area (Å²) in [6, 6.07) is 8.09. The van der Waals surface area contributed by atoms with Crippen LogP contribution in [-0.2, 0) is 6.42 Å². The molecule has 1 heteroatoms. The highest BCUT2D eigenvalue weighted by atomic mass is 35.5. The summed E-state index contributed by atoms with van der Waals surface area (Å²) in [5.41, 5.74) is 2.88. The maximum absolute atomic E-state index is 5.87. The number of halogens is 1. The summed E-state index contributed by atoms with van der Waals surface area (Å²) in [5, 5.41) is 0.801. The molecule has 0 spiro atoms. The molecule has 0 amide bonds. The number of benzene rings is 1. The normalized spacial score (nSPS) is 11.9. The lowest BCUT2D eigenvalue weighted by Gasteiger charge is -2.32. The van der Waals surface area contributed by atoms with Crippen LogP contribution in [0.4, 0.5) is 0 Å². The van der Waals surface area contributed by atoms with Crippen molar-refractivity contribution in [2.24, 2.45) is 11.3 Å². The minimum Gasteiger partial charge on any atom is -0.0993 e. The third-order valence-corrected chi connectivity index (χ3v) is 4.24. The highest BCUT2D eigenvalue weighted by Crippen LogP contribution is 2.35. The van der Waals surface area contributed by atoms with Crippen molar-refractivity contribution in [2.45, 2.75) is 40.5 Å². The average molecular weight is 251 g/mol. The summed E-state index contributed by atoms with van der Waals surface area (Å²) in [6.45, 7) is 13.3. The first-order valence-electron chi connectivity index (χ1n) is 6.26. The van der Waals surface area contributed by atoms with E-state index >= 15 is 0 Å². The first-order valence-corrected chi connectivity index (χ1v) is 6.64. The lowest BCUT2D eigenvalue weighted by atomic mass is 9.73. The summed E-state index contributed by atoms with van der Waals surface area (Å²) < 4.78 is 0. The quantitative estimate of drug-likeness (QED) is 0.605. The van der Waals surface area contributed by atoms with Gasteiger partial charge in [-0.1, -0.05) is 63.6 Å². The molecule has 1 rings (SSSR count). The Morgan fingerprint density at radius 2 is 1.76 bits per heavy atom. The van der Waals surface area contributed by atoms with Crippen LogP contribution >= 0.6 is 11.6 Å². The van der Waals surface area contributed by atoms with Crippen molar-refractivity contribution in [3.05, 3.63) is 47.0 Å². The molecule has 0 radical (unpaired) electrons. The third kappa shape index (κ3) is 3.89. The second-order valence-corrected chi connectivity index (χ2v) is 6.04. The molecule has 0 N–H and O–H groups in total. The topological polar surface area (TPSA) is 0 Å². The second kappa shape index (κ2) is 5.73. The Labute approximate surface area is 111 Å². The molecule has 0 heterocycles. The van der Waals surface area contributed by atoms with Gasteiger partial charge in [0.25, 0.3) is 0 Å². The summed E-state index contributed by atoms with van der Waals surface area (Å²) in [7, 11) is 0. The number of hydrogen-bond acceptors (Lipinski definition) is 0. The van der Waals surface area contributed by atoms with E-state index < -0.39 is 0 Å². The molecule has 0 unspecified atom stereocenters. The molecule has 1 aromatic rings. The van der Waals surface area contributed by atoms with Gasteiger partial charge in [0.15, 0.2) is 0 Å². The number of hydrogen-bond donors (Lipinski definition) is 0. The lowest BCUT2D eigenvalue weighted by molar-refractivity contribution is 0.302. The predicted molar refractivity (Wildman–Crippen MR) is 77.5 cm³/mol. The minimum absolute atomic E-state index is 0.215. The van der Waals surface area contributed by atoms with Crippen molar-refractivity contribution in [1.29, 1.82) is 0 Å². The predicted octanol–water partition coefficient (Wildman–Crippen LogP) is 5.51. The van der Waals surface area contributed by atoms with Gasteiger partial charge in [-0.2, -0.15) is 0 Å². The Kier molecular flexibility index (Phi) is 4.82. The van der Waals surface area contributed by atoms with Gasteiger partial charge >= 0.3 is 0 Å². The molecule has 0 aliphatic heterocycles. The molecule has 0 aliphatic rings. The van der Waals surface area contributed by atoms with Gasteiger partial charge in [-0.3, -0.25) is 0 Å². The molecule has 0 saturated carbocycles. The van der Waals surface area contributed by atoms with E-state index in [4.69, 9.17) is 11.6 Å². The molecule has 0 atom stereocenters. The zero-order valence-corrected chi connectivity index (χ0v) is 12.1. The van der Waals surface area contributed by atoms with Crippen molar-refractivity contribution < 1.29 is 0 Å². The van der Waals surface area contributed by atoms with Crippen LogP contribution in [-0.4, -0.2) is 0 Å². The number of aryl methyl sites for hydroxylation is 1. The van der Waals surface area contributed by atoms with E-state index in [1.165, 1.54) is 11.1 Å². The van der Waals surface area contributed by atoms with Crippen molar-refractivity contribution in [3.8, 4) is 0 Å². The highest BCUT2D eigenvalue weighted by Gasteiger charge is 2.25. The fourth-order valence-corrected chi connectivity index (χ4v) is 1.80. The molecule has 0 aromatic heterocycles. The van der Waals surface area contributed by atoms with E-state index in [-0.39, 0.29) is 5.41 Å². The SMILES string of the molecule is C=C(CCc1ccc(Cl)cc1)C(C)(C)C(C)C. The molecule has 0 bridgehead atoms. The van der Waals surface area contributed by atoms with Crippen molar-refractivity contribution in [2.75, 3.05) is 0 Å². The first kappa shape index (κ1) is 14.3. The van der Waals surface area contributed by atoms with Crippen molar-refractivity contribution in [3.63, 3.8) is 0 Å². The lowest BCUT2D eigenvalue weighted by Crippen LogP contribution is -2.21. The Bertz CT molecular complexity index is 371. The maximum atomic E-state index is 5.87. The van der Waals surface area contributed by atoms with E-state index in [2.05, 4.69) is 46.4 Å². The number of allylic oxidation sites excluding steroid dienone is 1. The van der Waals surface area contributed by atoms with Crippen LogP contribution in [0.25, 0.3) is 0 Å². The van der Waals surface area contributed by atoms with Gasteiger partial charge in [-0.25, -0.2) is 0 Å². The third-order valence-electron chi connectivity index (χ3n) is 3.98. The molecular weight excluding hydrogens is 228 g/mol. The van der Waals surface area contributed by atoms with Crippen molar-refractivity contribution >= 4 is 11.6 Å². The van der Waals surface area contributed by atoms with Crippen LogP contribution in [0.2, 0.25) is 5.02 Å². The van der Waals surface area contributed by atoms with Gasteiger partial charge in [-0.05, 0) is 41.9 Å². The van der Waals surface area contributed by atoms with E-state index in [9.17, 15) is 0 Å². The van der Waals surface area contributed by atoms with Gasteiger partial charge in [0.05, 0.1) is 0 Å². The Morgan fingerprint density at radius 3 is 2.24 bits per heavy atom. The molecule has 0 nitrogen and oxygen atoms in total. The van der Waals surface area contributed by atoms with Crippen LogP contribution in [0, 0.1) is 11.3 Å². The maximum Gasteiger partial charge on any atom is 0.0406 e. The zero-order valence-electron chi connectivity index (χ0n) is 11.4. The van der Waals surface area contributed by atoms with Crippen LogP contribution in [0.15, 0.2) is 36.4 Å². The molecular formula is C16H23Cl. The molecule has 94 valence electrons. The van der Waals surface area contributed by atoms with E-state index in [1.54, 1.807) is 0 Å². The largest absolute Gasteiger partial charge is 0.0993 e. The summed E-state index contributed by atoms with van der Waals surface area (Å²) in [4.78, 5) is 0. The van der Waals surface area contributed by atoms with Gasteiger partial charge < -0.3 is 0 Å². The first-order chi connectivity index (χ1) is 7.84. The summed E-state index contributed by atoms with van der Waals surface area (Å²) in [6.07, 6.45) is 2.10. The molecule has 0 fully saturated rings. The van der Waals surface area contributed by atoms with Crippen LogP contribution in [0.1, 0.15) is 39.7 Å². The number of rotatable bonds is 5. The van der Waals surface area contributed by atoms with Gasteiger partial charge in [0.2, 0.25) is 0 Å². The van der Waals surface area contributed by atoms with E-state index in [1.807, 2.05) is 12.1 Å². The van der Waals surface area contributed by atoms with Gasteiger partial charge in [0, 0.05) is 5.02 Å². The fraction of sp³-hybridized carbons (Fsp3) is 0.500. The summed E-state index contributed by atoms with van der Waals surface area (Å²) >= 11 is 5.87. The Balaban J connectivity index is 2.57. The smallest absolute Gasteiger partial charge is 0.0406 e. The average Bonchev–Trinajstić information content (AvgIpc) is 2.27. The zero-order chi connectivity index (χ0) is 13.1. The molecule has 17 heavy (non-hydrogen) atoms. The van der Waals surface area contributed by atoms with Crippen molar-refractivity contribution in [1.82, 2.24) is 0 Å². The molecule has 0 aliphatic carbocycles. The van der Waals surface area contributed by atoms with Gasteiger partial charge in [0.1, 0.15) is 0 Å². The van der Waals surface area contributed by atoms with E-state index in [0.29, 0.717) is 5.92 Å². The van der Waals surface area contributed by atoms with Crippen LogP contribution in [0.3, 0.4) is 0 Å². The highest BCUT2D eigenvalue weighted by molar-refractivity contribution is 6.30. The van der Waals surface area contributed by atoms with E-state index in [0.717, 1.165) is 17.9 Å². The fourth-order valence-electron chi connectivity index (χ4n) is 1.68. The Hall–Kier alpha value is -0.750.